The van der Waals surface area contributed by atoms with Gasteiger partial charge in [-0.2, -0.15) is 31.6 Å². The maximum atomic E-state index is 14.3. The van der Waals surface area contributed by atoms with Crippen molar-refractivity contribution in [1.29, 1.82) is 5.26 Å². The minimum atomic E-state index is -4.92. The van der Waals surface area contributed by atoms with Crippen LogP contribution in [0.1, 0.15) is 90.4 Å². The number of ether oxygens (including phenoxy) is 3. The SMILES string of the molecule is CC(C)(CC(O)(Cc1cc2nc(C#N)ccc2[nH]1)C(F)(F)F)c1cc(Cl)cc2c1OCC2.COC(=O)c1ccc2[nH]c(CC(O)(CC(C)(C)c3cc(Cl)cc4c3OCC4)C(F)(F)F)cc2n1. The molecule has 0 aliphatic carbocycles. The van der Waals surface area contributed by atoms with Crippen molar-refractivity contribution in [2.75, 3.05) is 20.3 Å². The lowest BCUT2D eigenvalue weighted by molar-refractivity contribution is -0.266. The summed E-state index contributed by atoms with van der Waals surface area (Å²) in [6.07, 6.45) is -11.2. The number of aromatic amines is 2. The van der Waals surface area contributed by atoms with Crippen LogP contribution in [-0.2, 0) is 41.3 Å². The van der Waals surface area contributed by atoms with E-state index in [0.717, 1.165) is 11.1 Å². The number of nitrogens with zero attached hydrogens (tertiary/aromatic N) is 3. The topological polar surface area (TPSA) is 166 Å². The second-order valence-electron chi connectivity index (χ2n) is 18.1. The largest absolute Gasteiger partial charge is 0.493 e. The fourth-order valence-electron chi connectivity index (χ4n) is 8.95. The summed E-state index contributed by atoms with van der Waals surface area (Å²) < 4.78 is 101. The molecule has 0 spiro atoms. The van der Waals surface area contributed by atoms with Gasteiger partial charge in [-0.3, -0.25) is 0 Å². The first-order valence-electron chi connectivity index (χ1n) is 20.7. The fourth-order valence-corrected chi connectivity index (χ4v) is 9.43. The monoisotopic (exact) mass is 959 g/mol. The Morgan fingerprint density at radius 3 is 1.59 bits per heavy atom. The summed E-state index contributed by atoms with van der Waals surface area (Å²) in [6, 6.07) is 17.4. The lowest BCUT2D eigenvalue weighted by Crippen LogP contribution is -2.51. The van der Waals surface area contributed by atoms with Crippen molar-refractivity contribution in [2.45, 2.75) is 101 Å². The molecule has 66 heavy (non-hydrogen) atoms. The summed E-state index contributed by atoms with van der Waals surface area (Å²) in [7, 11) is 1.21. The van der Waals surface area contributed by atoms with Gasteiger partial charge >= 0.3 is 18.3 Å². The number of carbonyl (C=O) groups is 1. The number of rotatable bonds is 11. The lowest BCUT2D eigenvalue weighted by Gasteiger charge is -2.38. The van der Waals surface area contributed by atoms with Crippen LogP contribution in [0.3, 0.4) is 0 Å². The van der Waals surface area contributed by atoms with Crippen LogP contribution in [-0.4, -0.2) is 80.0 Å². The van der Waals surface area contributed by atoms with Gasteiger partial charge in [0.1, 0.15) is 29.0 Å². The first-order chi connectivity index (χ1) is 30.7. The highest BCUT2D eigenvalue weighted by molar-refractivity contribution is 6.31. The first-order valence-corrected chi connectivity index (χ1v) is 21.5. The Morgan fingerprint density at radius 1 is 0.727 bits per heavy atom. The number of pyridine rings is 2. The maximum Gasteiger partial charge on any atom is 0.417 e. The maximum absolute atomic E-state index is 14.3. The predicted octanol–water partition coefficient (Wildman–Crippen LogP) is 10.4. The van der Waals surface area contributed by atoms with Crippen LogP contribution >= 0.6 is 23.2 Å². The molecule has 11 nitrogen and oxygen atoms in total. The number of aromatic nitrogens is 4. The smallest absolute Gasteiger partial charge is 0.417 e. The second kappa shape index (κ2) is 17.6. The van der Waals surface area contributed by atoms with Crippen LogP contribution < -0.4 is 9.47 Å². The first kappa shape index (κ1) is 48.4. The number of alkyl halides is 6. The van der Waals surface area contributed by atoms with E-state index in [4.69, 9.17) is 37.9 Å². The number of H-pyrrole nitrogens is 2. The molecule has 0 saturated carbocycles. The molecule has 0 saturated heterocycles. The normalized spacial score (nSPS) is 15.7. The van der Waals surface area contributed by atoms with Crippen molar-refractivity contribution in [2.24, 2.45) is 0 Å². The molecule has 0 amide bonds. The van der Waals surface area contributed by atoms with Gasteiger partial charge in [-0.1, -0.05) is 50.9 Å². The van der Waals surface area contributed by atoms with Gasteiger partial charge in [-0.15, -0.1) is 0 Å². The summed E-state index contributed by atoms with van der Waals surface area (Å²) >= 11 is 12.5. The number of fused-ring (bicyclic) bond motifs is 4. The number of hydrogen-bond acceptors (Lipinski definition) is 9. The standard InChI is InChI=1S/C24H24ClF3N2O4.C23H21ClF3N3O2/c1-22(2,16-9-14(25)8-13-6-7-34-20(13)16)12-23(32,24(26,27)28)11-15-10-19-17(29-15)4-5-18(30-19)21(31)33-3;1-21(2,17-8-14(24)7-13-5-6-32-20(13)17)12-22(31,23(25,26)27)10-16-9-19-18(30-16)4-3-15(11-28)29-19/h4-5,8-10,29,32H,6-7,11-12H2,1-3H3;3-4,7-9,30-31H,5-6,10,12H2,1-2H3. The van der Waals surface area contributed by atoms with E-state index < -0.39 is 66.0 Å². The average molecular weight is 961 g/mol. The molecule has 6 heterocycles. The van der Waals surface area contributed by atoms with Crippen molar-refractivity contribution < 1.29 is 55.6 Å². The van der Waals surface area contributed by atoms with E-state index in [1.54, 1.807) is 58.0 Å². The molecular weight excluding hydrogens is 915 g/mol. The van der Waals surface area contributed by atoms with Gasteiger partial charge < -0.3 is 34.4 Å². The van der Waals surface area contributed by atoms with Gasteiger partial charge in [0.05, 0.1) is 42.4 Å². The number of nitriles is 1. The zero-order valence-corrected chi connectivity index (χ0v) is 37.8. The molecular formula is C47H45Cl2F6N5O6. The summed E-state index contributed by atoms with van der Waals surface area (Å²) in [5.74, 6) is 0.418. The highest BCUT2D eigenvalue weighted by atomic mass is 35.5. The number of esters is 1. The second-order valence-corrected chi connectivity index (χ2v) is 18.9. The average Bonchev–Trinajstić information content (AvgIpc) is 4.04. The number of benzene rings is 2. The Balaban J connectivity index is 0.000000197. The molecule has 0 fully saturated rings. The van der Waals surface area contributed by atoms with E-state index in [2.05, 4.69) is 24.7 Å². The van der Waals surface area contributed by atoms with Gasteiger partial charge in [0.25, 0.3) is 0 Å². The summed E-state index contributed by atoms with van der Waals surface area (Å²) in [6.45, 7) is 7.42. The minimum Gasteiger partial charge on any atom is -0.493 e. The minimum absolute atomic E-state index is 0.0302. The van der Waals surface area contributed by atoms with Gasteiger partial charge in [0, 0.05) is 58.2 Å². The van der Waals surface area contributed by atoms with Gasteiger partial charge in [-0.05, 0) is 95.5 Å². The quantitative estimate of drug-likeness (QED) is 0.0730. The fraction of sp³-hybridized carbons (Fsp3) is 0.404. The highest BCUT2D eigenvalue weighted by Crippen LogP contribution is 2.49. The molecule has 2 unspecified atom stereocenters. The molecule has 2 atom stereocenters. The van der Waals surface area contributed by atoms with Gasteiger partial charge in [0.15, 0.2) is 11.2 Å². The molecule has 0 radical (unpaired) electrons. The predicted molar refractivity (Wildman–Crippen MR) is 234 cm³/mol. The Morgan fingerprint density at radius 2 is 1.17 bits per heavy atom. The molecule has 6 aromatic rings. The van der Waals surface area contributed by atoms with Crippen LogP contribution in [0.15, 0.2) is 60.7 Å². The van der Waals surface area contributed by atoms with Crippen LogP contribution in [0.25, 0.3) is 22.1 Å². The third-order valence-corrected chi connectivity index (χ3v) is 12.5. The third-order valence-electron chi connectivity index (χ3n) is 12.0. The molecule has 2 aromatic carbocycles. The molecule has 0 bridgehead atoms. The van der Waals surface area contributed by atoms with E-state index in [1.807, 2.05) is 6.07 Å². The molecule has 2 aliphatic rings. The molecule has 19 heteroatoms. The molecule has 4 N–H and O–H groups in total. The lowest BCUT2D eigenvalue weighted by atomic mass is 9.73. The van der Waals surface area contributed by atoms with Gasteiger partial charge in [-0.25, -0.2) is 14.8 Å². The molecule has 4 aromatic heterocycles. The van der Waals surface area contributed by atoms with E-state index in [0.29, 0.717) is 80.8 Å². The highest BCUT2D eigenvalue weighted by Gasteiger charge is 2.57. The molecule has 350 valence electrons. The Labute approximate surface area is 385 Å². The van der Waals surface area contributed by atoms with Crippen molar-refractivity contribution in [3.63, 3.8) is 0 Å². The van der Waals surface area contributed by atoms with Crippen LogP contribution in [0, 0.1) is 11.3 Å². The van der Waals surface area contributed by atoms with Crippen LogP contribution in [0.4, 0.5) is 26.3 Å². The van der Waals surface area contributed by atoms with E-state index in [9.17, 15) is 41.4 Å². The van der Waals surface area contributed by atoms with Gasteiger partial charge in [0.2, 0.25) is 0 Å². The van der Waals surface area contributed by atoms with Crippen molar-refractivity contribution in [3.8, 4) is 17.6 Å². The number of aliphatic hydroxyl groups is 2. The van der Waals surface area contributed by atoms with Crippen molar-refractivity contribution in [3.05, 3.63) is 116 Å². The number of nitrogens with one attached hydrogen (secondary N) is 2. The zero-order chi connectivity index (χ0) is 48.2. The molecule has 2 aliphatic heterocycles. The number of halogens is 8. The van der Waals surface area contributed by atoms with E-state index in [1.165, 1.54) is 37.4 Å². The Bertz CT molecular complexity index is 2870. The Kier molecular flexibility index (Phi) is 12.9. The van der Waals surface area contributed by atoms with Crippen molar-refractivity contribution in [1.82, 2.24) is 19.9 Å². The third kappa shape index (κ3) is 9.78. The van der Waals surface area contributed by atoms with E-state index >= 15 is 0 Å². The number of methoxy groups -OCH3 is 1. The summed E-state index contributed by atoms with van der Waals surface area (Å²) in [5, 5.41) is 31.8. The summed E-state index contributed by atoms with van der Waals surface area (Å²) in [5.41, 5.74) is -3.46. The Hall–Kier alpha value is -5.54. The van der Waals surface area contributed by atoms with Crippen LogP contribution in [0.5, 0.6) is 11.5 Å². The molecule has 8 rings (SSSR count). The van der Waals surface area contributed by atoms with E-state index in [-0.39, 0.29) is 22.8 Å². The van der Waals surface area contributed by atoms with Crippen LogP contribution in [0.2, 0.25) is 10.0 Å². The number of carbonyl (C=O) groups excluding carboxylic acids is 1. The zero-order valence-electron chi connectivity index (χ0n) is 36.3. The summed E-state index contributed by atoms with van der Waals surface area (Å²) in [4.78, 5) is 25.7. The number of hydrogen-bond donors (Lipinski definition) is 4. The van der Waals surface area contributed by atoms with Crippen molar-refractivity contribution >= 4 is 51.2 Å².